The number of rotatable bonds is 8. The van der Waals surface area contributed by atoms with E-state index >= 15 is 0 Å². The van der Waals surface area contributed by atoms with Gasteiger partial charge in [0.25, 0.3) is 0 Å². The first-order valence-electron chi connectivity index (χ1n) is 5.57. The Kier molecular flexibility index (Phi) is 6.09. The van der Waals surface area contributed by atoms with E-state index in [1.54, 1.807) is 14.2 Å². The van der Waals surface area contributed by atoms with Gasteiger partial charge >= 0.3 is 6.01 Å². The molecule has 0 saturated heterocycles. The third-order valence-corrected chi connectivity index (χ3v) is 2.25. The van der Waals surface area contributed by atoms with Gasteiger partial charge in [0.1, 0.15) is 0 Å². The molecule has 0 spiro atoms. The second-order valence-corrected chi connectivity index (χ2v) is 3.52. The summed E-state index contributed by atoms with van der Waals surface area (Å²) in [7, 11) is 4.79. The third kappa shape index (κ3) is 4.30. The van der Waals surface area contributed by atoms with Gasteiger partial charge < -0.3 is 25.2 Å². The van der Waals surface area contributed by atoms with Gasteiger partial charge in [-0.15, -0.1) is 0 Å². The van der Waals surface area contributed by atoms with Crippen molar-refractivity contribution >= 4 is 11.9 Å². The van der Waals surface area contributed by atoms with Gasteiger partial charge in [-0.1, -0.05) is 0 Å². The van der Waals surface area contributed by atoms with Crippen molar-refractivity contribution in [1.82, 2.24) is 15.0 Å². The van der Waals surface area contributed by atoms with Crippen LogP contribution in [-0.4, -0.2) is 60.6 Å². The molecule has 0 aromatic carbocycles. The first-order valence-corrected chi connectivity index (χ1v) is 5.57. The maximum Gasteiger partial charge on any atom is 0.322 e. The van der Waals surface area contributed by atoms with Crippen LogP contribution >= 0.6 is 0 Å². The van der Waals surface area contributed by atoms with Crippen molar-refractivity contribution in [3.05, 3.63) is 0 Å². The summed E-state index contributed by atoms with van der Waals surface area (Å²) in [5.41, 5.74) is 0. The van der Waals surface area contributed by atoms with Crippen LogP contribution in [0.4, 0.5) is 11.9 Å². The number of aromatic nitrogens is 3. The van der Waals surface area contributed by atoms with E-state index in [2.05, 4.69) is 25.6 Å². The molecule has 8 nitrogen and oxygen atoms in total. The van der Waals surface area contributed by atoms with Crippen LogP contribution in [-0.2, 0) is 4.74 Å². The van der Waals surface area contributed by atoms with Crippen molar-refractivity contribution in [3.63, 3.8) is 0 Å². The van der Waals surface area contributed by atoms with Crippen LogP contribution in [0, 0.1) is 0 Å². The molecule has 1 aromatic heterocycles. The fourth-order valence-electron chi connectivity index (χ4n) is 1.28. The minimum Gasteiger partial charge on any atom is -0.467 e. The highest BCUT2D eigenvalue weighted by Crippen LogP contribution is 2.11. The van der Waals surface area contributed by atoms with E-state index in [9.17, 15) is 5.11 Å². The lowest BCUT2D eigenvalue weighted by atomic mass is 10.2. The zero-order valence-electron chi connectivity index (χ0n) is 10.8. The Labute approximate surface area is 106 Å². The quantitative estimate of drug-likeness (QED) is 0.585. The summed E-state index contributed by atoms with van der Waals surface area (Å²) in [5, 5.41) is 15.0. The molecule has 18 heavy (non-hydrogen) atoms. The molecule has 1 rings (SSSR count). The minimum absolute atomic E-state index is 0.0355. The Morgan fingerprint density at radius 2 is 1.94 bits per heavy atom. The maximum absolute atomic E-state index is 9.23. The average molecular weight is 257 g/mol. The third-order valence-electron chi connectivity index (χ3n) is 2.25. The van der Waals surface area contributed by atoms with Crippen molar-refractivity contribution in [3.8, 4) is 6.01 Å². The Bertz CT molecular complexity index is 341. The van der Waals surface area contributed by atoms with Crippen molar-refractivity contribution in [2.45, 2.75) is 12.5 Å². The first-order chi connectivity index (χ1) is 8.73. The average Bonchev–Trinajstić information content (AvgIpc) is 2.42. The fourth-order valence-corrected chi connectivity index (χ4v) is 1.28. The fraction of sp³-hybridized carbons (Fsp3) is 0.700. The summed E-state index contributed by atoms with van der Waals surface area (Å²) in [6.45, 7) is 0.506. The lowest BCUT2D eigenvalue weighted by Crippen LogP contribution is -2.26. The predicted molar refractivity (Wildman–Crippen MR) is 66.9 cm³/mol. The van der Waals surface area contributed by atoms with Gasteiger partial charge in [0.2, 0.25) is 11.9 Å². The SMILES string of the molecule is CNc1nc(NC(CO)CCOC)nc(OC)n1. The van der Waals surface area contributed by atoms with Crippen molar-refractivity contribution in [2.24, 2.45) is 0 Å². The number of hydrogen-bond acceptors (Lipinski definition) is 8. The predicted octanol–water partition coefficient (Wildman–Crippen LogP) is -0.269. The molecule has 8 heteroatoms. The Balaban J connectivity index is 2.74. The molecular weight excluding hydrogens is 238 g/mol. The van der Waals surface area contributed by atoms with Crippen LogP contribution in [0.25, 0.3) is 0 Å². The summed E-state index contributed by atoms with van der Waals surface area (Å²) in [6.07, 6.45) is 0.649. The number of aliphatic hydroxyl groups excluding tert-OH is 1. The van der Waals surface area contributed by atoms with Crippen LogP contribution < -0.4 is 15.4 Å². The molecule has 102 valence electrons. The smallest absolute Gasteiger partial charge is 0.322 e. The van der Waals surface area contributed by atoms with E-state index < -0.39 is 0 Å². The highest BCUT2D eigenvalue weighted by atomic mass is 16.5. The van der Waals surface area contributed by atoms with E-state index in [4.69, 9.17) is 9.47 Å². The molecule has 0 aliphatic rings. The molecule has 0 aliphatic carbocycles. The van der Waals surface area contributed by atoms with Gasteiger partial charge in [-0.05, 0) is 6.42 Å². The van der Waals surface area contributed by atoms with E-state index in [-0.39, 0.29) is 18.7 Å². The zero-order chi connectivity index (χ0) is 13.4. The molecule has 1 aromatic rings. The molecule has 0 fully saturated rings. The standard InChI is InChI=1S/C10H19N5O3/c1-11-8-13-9(15-10(14-8)18-3)12-7(6-16)4-5-17-2/h7,16H,4-6H2,1-3H3,(H2,11,12,13,14,15). The molecule has 0 radical (unpaired) electrons. The van der Waals surface area contributed by atoms with Crippen LogP contribution in [0.3, 0.4) is 0 Å². The van der Waals surface area contributed by atoms with Crippen LogP contribution in [0.15, 0.2) is 0 Å². The number of anilines is 2. The summed E-state index contributed by atoms with van der Waals surface area (Å²) in [5.74, 6) is 0.745. The highest BCUT2D eigenvalue weighted by Gasteiger charge is 2.11. The molecule has 3 N–H and O–H groups in total. The van der Waals surface area contributed by atoms with Gasteiger partial charge in [0.15, 0.2) is 0 Å². The van der Waals surface area contributed by atoms with Crippen molar-refractivity contribution < 1.29 is 14.6 Å². The lowest BCUT2D eigenvalue weighted by molar-refractivity contribution is 0.174. The van der Waals surface area contributed by atoms with E-state index in [1.165, 1.54) is 7.11 Å². The molecule has 1 unspecified atom stereocenters. The second-order valence-electron chi connectivity index (χ2n) is 3.52. The van der Waals surface area contributed by atoms with E-state index in [0.717, 1.165) is 0 Å². The van der Waals surface area contributed by atoms with E-state index in [0.29, 0.717) is 24.9 Å². The summed E-state index contributed by atoms with van der Waals surface area (Å²) >= 11 is 0. The second kappa shape index (κ2) is 7.62. The van der Waals surface area contributed by atoms with Gasteiger partial charge in [-0.25, -0.2) is 0 Å². The molecule has 1 heterocycles. The number of ether oxygens (including phenoxy) is 2. The Morgan fingerprint density at radius 1 is 1.22 bits per heavy atom. The van der Waals surface area contributed by atoms with Gasteiger partial charge in [-0.2, -0.15) is 15.0 Å². The van der Waals surface area contributed by atoms with Crippen molar-refractivity contribution in [2.75, 3.05) is 45.1 Å². The lowest BCUT2D eigenvalue weighted by Gasteiger charge is -2.16. The number of nitrogens with one attached hydrogen (secondary N) is 2. The topological polar surface area (TPSA) is 101 Å². The normalized spacial score (nSPS) is 12.0. The largest absolute Gasteiger partial charge is 0.467 e. The number of methoxy groups -OCH3 is 2. The molecule has 0 amide bonds. The van der Waals surface area contributed by atoms with E-state index in [1.807, 2.05) is 0 Å². The summed E-state index contributed by atoms with van der Waals surface area (Å²) in [6, 6.07) is 0.0297. The summed E-state index contributed by atoms with van der Waals surface area (Å²) < 4.78 is 9.92. The number of nitrogens with zero attached hydrogens (tertiary/aromatic N) is 3. The first kappa shape index (κ1) is 14.4. The van der Waals surface area contributed by atoms with Crippen LogP contribution in [0.1, 0.15) is 6.42 Å². The molecule has 0 saturated carbocycles. The van der Waals surface area contributed by atoms with Gasteiger partial charge in [-0.3, -0.25) is 0 Å². The highest BCUT2D eigenvalue weighted by molar-refractivity contribution is 5.36. The number of hydrogen-bond donors (Lipinski definition) is 3. The molecular formula is C10H19N5O3. The zero-order valence-corrected chi connectivity index (χ0v) is 10.8. The minimum atomic E-state index is -0.179. The monoisotopic (exact) mass is 257 g/mol. The maximum atomic E-state index is 9.23. The van der Waals surface area contributed by atoms with Crippen LogP contribution in [0.2, 0.25) is 0 Å². The van der Waals surface area contributed by atoms with Crippen LogP contribution in [0.5, 0.6) is 6.01 Å². The van der Waals surface area contributed by atoms with Gasteiger partial charge in [0, 0.05) is 20.8 Å². The Hall–Kier alpha value is -1.67. The van der Waals surface area contributed by atoms with Gasteiger partial charge in [0.05, 0.1) is 19.8 Å². The molecule has 1 atom stereocenters. The van der Waals surface area contributed by atoms with Crippen molar-refractivity contribution in [1.29, 1.82) is 0 Å². The Morgan fingerprint density at radius 3 is 2.50 bits per heavy atom. The molecule has 0 aliphatic heterocycles. The number of aliphatic hydroxyl groups is 1. The summed E-state index contributed by atoms with van der Waals surface area (Å²) in [4.78, 5) is 12.2. The molecule has 0 bridgehead atoms.